The molecule has 1 aromatic heterocycles. The Hall–Kier alpha value is -0.600. The first kappa shape index (κ1) is 14.8. The predicted octanol–water partition coefficient (Wildman–Crippen LogP) is 3.22. The maximum absolute atomic E-state index is 12.2. The lowest BCUT2D eigenvalue weighted by molar-refractivity contribution is 0.582. The Morgan fingerprint density at radius 1 is 1.37 bits per heavy atom. The number of nitrogens with one attached hydrogen (secondary N) is 1. The molecule has 0 aliphatic carbocycles. The van der Waals surface area contributed by atoms with E-state index < -0.39 is 10.0 Å². The third-order valence-corrected chi connectivity index (χ3v) is 6.00. The van der Waals surface area contributed by atoms with Crippen LogP contribution in [0.4, 0.5) is 5.69 Å². The second-order valence-electron chi connectivity index (χ2n) is 3.70. The highest BCUT2D eigenvalue weighted by Crippen LogP contribution is 2.25. The second kappa shape index (κ2) is 5.80. The van der Waals surface area contributed by atoms with E-state index in [-0.39, 0.29) is 17.1 Å². The Bertz CT molecular complexity index is 700. The molecule has 1 aromatic carbocycles. The molecule has 0 atom stereocenters. The average molecular weight is 382 g/mol. The molecule has 1 heterocycles. The predicted molar refractivity (Wildman–Crippen MR) is 81.9 cm³/mol. The van der Waals surface area contributed by atoms with Gasteiger partial charge in [-0.25, -0.2) is 13.1 Å². The van der Waals surface area contributed by atoms with Gasteiger partial charge in [-0.1, -0.05) is 11.6 Å². The molecule has 2 aromatic rings. The molecule has 0 aliphatic heterocycles. The number of halogens is 2. The van der Waals surface area contributed by atoms with Gasteiger partial charge in [-0.05, 0) is 45.6 Å². The van der Waals surface area contributed by atoms with E-state index in [4.69, 9.17) is 17.3 Å². The van der Waals surface area contributed by atoms with Crippen LogP contribution in [-0.2, 0) is 16.6 Å². The van der Waals surface area contributed by atoms with Crippen molar-refractivity contribution in [3.63, 3.8) is 0 Å². The SMILES string of the molecule is Nc1ccc(Cl)cc1S(=O)(=O)NCc1sccc1Br. The minimum absolute atomic E-state index is 0.00678. The summed E-state index contributed by atoms with van der Waals surface area (Å²) in [6.07, 6.45) is 0. The fourth-order valence-electron chi connectivity index (χ4n) is 1.43. The van der Waals surface area contributed by atoms with Crippen LogP contribution in [0.15, 0.2) is 39.0 Å². The van der Waals surface area contributed by atoms with Crippen molar-refractivity contribution >= 4 is 54.6 Å². The fraction of sp³-hybridized carbons (Fsp3) is 0.0909. The van der Waals surface area contributed by atoms with E-state index >= 15 is 0 Å². The number of hydrogen-bond donors (Lipinski definition) is 2. The molecule has 2 rings (SSSR count). The van der Waals surface area contributed by atoms with Crippen LogP contribution in [0.5, 0.6) is 0 Å². The smallest absolute Gasteiger partial charge is 0.242 e. The number of sulfonamides is 1. The average Bonchev–Trinajstić information content (AvgIpc) is 2.75. The first-order valence-corrected chi connectivity index (χ1v) is 8.70. The van der Waals surface area contributed by atoms with Crippen LogP contribution < -0.4 is 10.5 Å². The number of benzene rings is 1. The fourth-order valence-corrected chi connectivity index (χ4v) is 4.34. The lowest BCUT2D eigenvalue weighted by atomic mass is 10.3. The van der Waals surface area contributed by atoms with Gasteiger partial charge in [0.15, 0.2) is 0 Å². The van der Waals surface area contributed by atoms with Crippen LogP contribution in [0.25, 0.3) is 0 Å². The van der Waals surface area contributed by atoms with Gasteiger partial charge in [0.25, 0.3) is 0 Å². The Labute approximate surface area is 128 Å². The summed E-state index contributed by atoms with van der Waals surface area (Å²) in [6.45, 7) is 0.201. The van der Waals surface area contributed by atoms with Crippen molar-refractivity contribution < 1.29 is 8.42 Å². The standard InChI is InChI=1S/C11H10BrClN2O2S2/c12-8-3-4-18-10(8)6-15-19(16,17)11-5-7(13)1-2-9(11)14/h1-5,15H,6,14H2. The van der Waals surface area contributed by atoms with Crippen LogP contribution in [0.2, 0.25) is 5.02 Å². The van der Waals surface area contributed by atoms with Gasteiger partial charge in [0.05, 0.1) is 5.69 Å². The Morgan fingerprint density at radius 3 is 2.74 bits per heavy atom. The van der Waals surface area contributed by atoms with Gasteiger partial charge >= 0.3 is 0 Å². The molecule has 19 heavy (non-hydrogen) atoms. The van der Waals surface area contributed by atoms with E-state index in [1.165, 1.54) is 23.5 Å². The van der Waals surface area contributed by atoms with Crippen molar-refractivity contribution in [1.29, 1.82) is 0 Å². The zero-order valence-electron chi connectivity index (χ0n) is 9.56. The maximum atomic E-state index is 12.2. The summed E-state index contributed by atoms with van der Waals surface area (Å²) < 4.78 is 27.7. The molecule has 0 fully saturated rings. The van der Waals surface area contributed by atoms with Gasteiger partial charge in [0.2, 0.25) is 10.0 Å². The van der Waals surface area contributed by atoms with Crippen LogP contribution in [0.1, 0.15) is 4.88 Å². The monoisotopic (exact) mass is 380 g/mol. The minimum atomic E-state index is -3.68. The number of thiophene rings is 1. The molecule has 0 spiro atoms. The number of anilines is 1. The highest BCUT2D eigenvalue weighted by atomic mass is 79.9. The second-order valence-corrected chi connectivity index (χ2v) is 7.73. The van der Waals surface area contributed by atoms with Gasteiger partial charge in [0, 0.05) is 20.9 Å². The van der Waals surface area contributed by atoms with Crippen LogP contribution in [0.3, 0.4) is 0 Å². The van der Waals surface area contributed by atoms with E-state index in [9.17, 15) is 8.42 Å². The third-order valence-electron chi connectivity index (χ3n) is 2.38. The zero-order chi connectivity index (χ0) is 14.0. The minimum Gasteiger partial charge on any atom is -0.398 e. The van der Waals surface area contributed by atoms with E-state index in [2.05, 4.69) is 20.7 Å². The van der Waals surface area contributed by atoms with Crippen molar-refractivity contribution in [1.82, 2.24) is 4.72 Å². The normalized spacial score (nSPS) is 11.7. The van der Waals surface area contributed by atoms with Gasteiger partial charge in [-0.15, -0.1) is 11.3 Å². The summed E-state index contributed by atoms with van der Waals surface area (Å²) in [5, 5.41) is 2.20. The molecule has 4 nitrogen and oxygen atoms in total. The molecule has 0 bridgehead atoms. The molecular weight excluding hydrogens is 372 g/mol. The van der Waals surface area contributed by atoms with Gasteiger partial charge in [-0.2, -0.15) is 0 Å². The summed E-state index contributed by atoms with van der Waals surface area (Å²) >= 11 is 10.6. The van der Waals surface area contributed by atoms with E-state index in [0.717, 1.165) is 9.35 Å². The van der Waals surface area contributed by atoms with Crippen LogP contribution >= 0.6 is 38.9 Å². The molecule has 0 unspecified atom stereocenters. The number of hydrogen-bond acceptors (Lipinski definition) is 4. The molecule has 3 N–H and O–H groups in total. The van der Waals surface area contributed by atoms with E-state index in [1.54, 1.807) is 6.07 Å². The zero-order valence-corrected chi connectivity index (χ0v) is 13.5. The van der Waals surface area contributed by atoms with E-state index in [0.29, 0.717) is 5.02 Å². The molecule has 0 aliphatic rings. The lowest BCUT2D eigenvalue weighted by Crippen LogP contribution is -2.23. The van der Waals surface area contributed by atoms with Crippen molar-refractivity contribution in [2.45, 2.75) is 11.4 Å². The quantitative estimate of drug-likeness (QED) is 0.799. The summed E-state index contributed by atoms with van der Waals surface area (Å²) in [5.74, 6) is 0. The Morgan fingerprint density at radius 2 is 2.11 bits per heavy atom. The number of nitrogen functional groups attached to an aromatic ring is 1. The topological polar surface area (TPSA) is 72.2 Å². The first-order valence-electron chi connectivity index (χ1n) is 5.17. The molecule has 0 saturated heterocycles. The summed E-state index contributed by atoms with van der Waals surface area (Å²) in [4.78, 5) is 0.886. The Kier molecular flexibility index (Phi) is 4.52. The number of rotatable bonds is 4. The van der Waals surface area contributed by atoms with Crippen molar-refractivity contribution in [3.8, 4) is 0 Å². The van der Waals surface area contributed by atoms with Gasteiger partial charge in [-0.3, -0.25) is 0 Å². The maximum Gasteiger partial charge on any atom is 0.242 e. The third kappa shape index (κ3) is 3.49. The molecule has 0 radical (unpaired) electrons. The number of nitrogens with two attached hydrogens (primary N) is 1. The highest BCUT2D eigenvalue weighted by Gasteiger charge is 2.18. The van der Waals surface area contributed by atoms with Crippen molar-refractivity contribution in [2.75, 3.05) is 5.73 Å². The van der Waals surface area contributed by atoms with Crippen molar-refractivity contribution in [2.24, 2.45) is 0 Å². The van der Waals surface area contributed by atoms with Crippen LogP contribution in [0, 0.1) is 0 Å². The van der Waals surface area contributed by atoms with Gasteiger partial charge in [0.1, 0.15) is 4.90 Å². The molecule has 102 valence electrons. The van der Waals surface area contributed by atoms with E-state index in [1.807, 2.05) is 11.4 Å². The first-order chi connectivity index (χ1) is 8.90. The lowest BCUT2D eigenvalue weighted by Gasteiger charge is -2.09. The van der Waals surface area contributed by atoms with Crippen LogP contribution in [-0.4, -0.2) is 8.42 Å². The Balaban J connectivity index is 2.23. The molecule has 0 amide bonds. The summed E-state index contributed by atoms with van der Waals surface area (Å²) in [5.41, 5.74) is 5.84. The molecule has 0 saturated carbocycles. The van der Waals surface area contributed by atoms with Gasteiger partial charge < -0.3 is 5.73 Å². The summed E-state index contributed by atoms with van der Waals surface area (Å²) in [6, 6.07) is 6.22. The van der Waals surface area contributed by atoms with Crippen molar-refractivity contribution in [3.05, 3.63) is 44.0 Å². The summed E-state index contributed by atoms with van der Waals surface area (Å²) in [7, 11) is -3.68. The molecule has 8 heteroatoms. The molecular formula is C11H10BrClN2O2S2. The largest absolute Gasteiger partial charge is 0.398 e. The highest BCUT2D eigenvalue weighted by molar-refractivity contribution is 9.10.